The first-order chi connectivity index (χ1) is 9.93. The minimum Gasteiger partial charge on any atom is -0.366 e. The molecule has 0 saturated heterocycles. The summed E-state index contributed by atoms with van der Waals surface area (Å²) in [4.78, 5) is 15.6. The summed E-state index contributed by atoms with van der Waals surface area (Å²) in [6, 6.07) is 7.55. The van der Waals surface area contributed by atoms with E-state index in [1.165, 1.54) is 0 Å². The fraction of sp³-hybridized carbons (Fsp3) is 0.500. The van der Waals surface area contributed by atoms with E-state index < -0.39 is 5.91 Å². The summed E-state index contributed by atoms with van der Waals surface area (Å²) >= 11 is 0. The molecule has 0 aliphatic heterocycles. The number of carbonyl (C=O) groups is 1. The lowest BCUT2D eigenvalue weighted by Crippen LogP contribution is -2.44. The van der Waals surface area contributed by atoms with Gasteiger partial charge in [-0.2, -0.15) is 0 Å². The van der Waals surface area contributed by atoms with Crippen molar-refractivity contribution in [2.24, 2.45) is 16.6 Å². The zero-order chi connectivity index (χ0) is 15.8. The number of aliphatic imine (C=N–C) groups is 1. The molecule has 1 rings (SSSR count). The number of rotatable bonds is 6. The molecule has 5 nitrogen and oxygen atoms in total. The standard InChI is InChI=1S/C16H26N4O.HI/c1-5-18-16(20-12(4)11(2)3)19-10-13-6-8-14(9-7-13)15(17)21;/h6-9,11-12H,5,10H2,1-4H3,(H2,17,21)(H2,18,19,20);1H. The molecule has 6 heteroatoms. The van der Waals surface area contributed by atoms with Crippen molar-refractivity contribution in [1.29, 1.82) is 0 Å². The van der Waals surface area contributed by atoms with Crippen LogP contribution in [0.2, 0.25) is 0 Å². The molecule has 1 atom stereocenters. The topological polar surface area (TPSA) is 79.5 Å². The minimum absolute atomic E-state index is 0. The molecule has 1 aromatic carbocycles. The molecule has 4 N–H and O–H groups in total. The highest BCUT2D eigenvalue weighted by Gasteiger charge is 2.08. The van der Waals surface area contributed by atoms with Gasteiger partial charge < -0.3 is 16.4 Å². The summed E-state index contributed by atoms with van der Waals surface area (Å²) in [5.74, 6) is 0.923. The van der Waals surface area contributed by atoms with Crippen LogP contribution < -0.4 is 16.4 Å². The number of primary amides is 1. The van der Waals surface area contributed by atoms with Crippen LogP contribution in [0.3, 0.4) is 0 Å². The van der Waals surface area contributed by atoms with E-state index in [1.807, 2.05) is 19.1 Å². The SMILES string of the molecule is CCNC(=NCc1ccc(C(N)=O)cc1)NC(C)C(C)C.I. The van der Waals surface area contributed by atoms with Gasteiger partial charge in [0, 0.05) is 18.2 Å². The van der Waals surface area contributed by atoms with Crippen molar-refractivity contribution in [1.82, 2.24) is 10.6 Å². The molecule has 0 radical (unpaired) electrons. The normalized spacial score (nSPS) is 12.5. The maximum atomic E-state index is 11.0. The number of hydrogen-bond acceptors (Lipinski definition) is 2. The van der Waals surface area contributed by atoms with E-state index in [2.05, 4.69) is 36.4 Å². The maximum absolute atomic E-state index is 11.0. The van der Waals surface area contributed by atoms with Crippen LogP contribution in [0.1, 0.15) is 43.6 Å². The second-order valence-corrected chi connectivity index (χ2v) is 5.43. The van der Waals surface area contributed by atoms with Crippen LogP contribution in [0, 0.1) is 5.92 Å². The van der Waals surface area contributed by atoms with Crippen molar-refractivity contribution in [3.63, 3.8) is 0 Å². The second-order valence-electron chi connectivity index (χ2n) is 5.43. The lowest BCUT2D eigenvalue weighted by Gasteiger charge is -2.20. The largest absolute Gasteiger partial charge is 0.366 e. The lowest BCUT2D eigenvalue weighted by atomic mass is 10.1. The average molecular weight is 418 g/mol. The third kappa shape index (κ3) is 7.11. The van der Waals surface area contributed by atoms with Crippen LogP contribution in [0.15, 0.2) is 29.3 Å². The number of amides is 1. The molecule has 1 unspecified atom stereocenters. The third-order valence-electron chi connectivity index (χ3n) is 3.37. The highest BCUT2D eigenvalue weighted by atomic mass is 127. The Kier molecular flexibility index (Phi) is 9.80. The molecule has 0 bridgehead atoms. The Hall–Kier alpha value is -1.31. The lowest BCUT2D eigenvalue weighted by molar-refractivity contribution is 0.100. The molecule has 0 saturated carbocycles. The van der Waals surface area contributed by atoms with Crippen molar-refractivity contribution in [3.8, 4) is 0 Å². The van der Waals surface area contributed by atoms with Crippen LogP contribution in [0.4, 0.5) is 0 Å². The molecule has 0 aliphatic rings. The van der Waals surface area contributed by atoms with Gasteiger partial charge in [0.05, 0.1) is 6.54 Å². The van der Waals surface area contributed by atoms with Crippen molar-refractivity contribution in [2.75, 3.05) is 6.54 Å². The van der Waals surface area contributed by atoms with Crippen molar-refractivity contribution in [2.45, 2.75) is 40.3 Å². The van der Waals surface area contributed by atoms with Crippen LogP contribution in [-0.2, 0) is 6.54 Å². The number of benzene rings is 1. The fourth-order valence-electron chi connectivity index (χ4n) is 1.65. The van der Waals surface area contributed by atoms with Gasteiger partial charge in [0.2, 0.25) is 5.91 Å². The Morgan fingerprint density at radius 1 is 1.23 bits per heavy atom. The Labute approximate surface area is 150 Å². The van der Waals surface area contributed by atoms with Crippen molar-refractivity contribution < 1.29 is 4.79 Å². The Bertz CT molecular complexity index is 485. The molecule has 0 heterocycles. The fourth-order valence-corrected chi connectivity index (χ4v) is 1.65. The van der Waals surface area contributed by atoms with Crippen LogP contribution >= 0.6 is 24.0 Å². The first kappa shape index (κ1) is 20.7. The highest BCUT2D eigenvalue weighted by molar-refractivity contribution is 14.0. The molecule has 0 aromatic heterocycles. The summed E-state index contributed by atoms with van der Waals surface area (Å²) in [5, 5.41) is 6.61. The molecular weight excluding hydrogens is 391 g/mol. The number of nitrogens with one attached hydrogen (secondary N) is 2. The number of hydrogen-bond donors (Lipinski definition) is 3. The molecule has 22 heavy (non-hydrogen) atoms. The van der Waals surface area contributed by atoms with Gasteiger partial charge >= 0.3 is 0 Å². The molecule has 0 fully saturated rings. The predicted octanol–water partition coefficient (Wildman–Crippen LogP) is 2.50. The summed E-state index contributed by atoms with van der Waals surface area (Å²) in [6.07, 6.45) is 0. The van der Waals surface area contributed by atoms with E-state index in [-0.39, 0.29) is 24.0 Å². The van der Waals surface area contributed by atoms with E-state index in [0.29, 0.717) is 24.1 Å². The number of nitrogens with zero attached hydrogens (tertiary/aromatic N) is 1. The molecule has 0 aliphatic carbocycles. The smallest absolute Gasteiger partial charge is 0.248 e. The van der Waals surface area contributed by atoms with E-state index in [1.54, 1.807) is 12.1 Å². The van der Waals surface area contributed by atoms with Gasteiger partial charge in [-0.3, -0.25) is 4.79 Å². The Morgan fingerprint density at radius 2 is 1.82 bits per heavy atom. The quantitative estimate of drug-likeness (QED) is 0.377. The van der Waals surface area contributed by atoms with Gasteiger partial charge in [0.25, 0.3) is 0 Å². The van der Waals surface area contributed by atoms with Crippen molar-refractivity contribution >= 4 is 35.8 Å². The summed E-state index contributed by atoms with van der Waals surface area (Å²) in [5.41, 5.74) is 6.77. The number of guanidine groups is 1. The second kappa shape index (κ2) is 10.4. The molecular formula is C16H27IN4O. The first-order valence-electron chi connectivity index (χ1n) is 7.37. The molecule has 124 valence electrons. The number of halogens is 1. The van der Waals surface area contributed by atoms with Crippen molar-refractivity contribution in [3.05, 3.63) is 35.4 Å². The Morgan fingerprint density at radius 3 is 2.27 bits per heavy atom. The summed E-state index contributed by atoms with van der Waals surface area (Å²) in [6.45, 7) is 9.89. The average Bonchev–Trinajstić information content (AvgIpc) is 2.45. The predicted molar refractivity (Wildman–Crippen MR) is 103 cm³/mol. The molecule has 0 spiro atoms. The minimum atomic E-state index is -0.411. The first-order valence-corrected chi connectivity index (χ1v) is 7.37. The van der Waals surface area contributed by atoms with Crippen LogP contribution in [0.25, 0.3) is 0 Å². The third-order valence-corrected chi connectivity index (χ3v) is 3.37. The zero-order valence-corrected chi connectivity index (χ0v) is 16.0. The maximum Gasteiger partial charge on any atom is 0.248 e. The number of nitrogens with two attached hydrogens (primary N) is 1. The van der Waals surface area contributed by atoms with Gasteiger partial charge in [-0.1, -0.05) is 26.0 Å². The van der Waals surface area contributed by atoms with Gasteiger partial charge in [-0.25, -0.2) is 4.99 Å². The van der Waals surface area contributed by atoms with E-state index in [0.717, 1.165) is 18.1 Å². The van der Waals surface area contributed by atoms with E-state index in [4.69, 9.17) is 5.73 Å². The summed E-state index contributed by atoms with van der Waals surface area (Å²) < 4.78 is 0. The van der Waals surface area contributed by atoms with Gasteiger partial charge in [0.1, 0.15) is 0 Å². The van der Waals surface area contributed by atoms with Crippen LogP contribution in [0.5, 0.6) is 0 Å². The van der Waals surface area contributed by atoms with Gasteiger partial charge in [0.15, 0.2) is 5.96 Å². The zero-order valence-electron chi connectivity index (χ0n) is 13.7. The van der Waals surface area contributed by atoms with Gasteiger partial charge in [-0.15, -0.1) is 24.0 Å². The molecule has 1 aromatic rings. The molecule has 1 amide bonds. The highest BCUT2D eigenvalue weighted by Crippen LogP contribution is 2.05. The van der Waals surface area contributed by atoms with Crippen LogP contribution in [-0.4, -0.2) is 24.5 Å². The summed E-state index contributed by atoms with van der Waals surface area (Å²) in [7, 11) is 0. The van der Waals surface area contributed by atoms with Gasteiger partial charge in [-0.05, 0) is 37.5 Å². The Balaban J connectivity index is 0.00000441. The number of carbonyl (C=O) groups excluding carboxylic acids is 1. The van der Waals surface area contributed by atoms with E-state index >= 15 is 0 Å². The van der Waals surface area contributed by atoms with E-state index in [9.17, 15) is 4.79 Å². The monoisotopic (exact) mass is 418 g/mol.